The van der Waals surface area contributed by atoms with Gasteiger partial charge in [0.15, 0.2) is 5.75 Å². The highest BCUT2D eigenvalue weighted by Gasteiger charge is 2.14. The predicted octanol–water partition coefficient (Wildman–Crippen LogP) is 5.03. The zero-order valence-corrected chi connectivity index (χ0v) is 15.2. The van der Waals surface area contributed by atoms with E-state index in [2.05, 4.69) is 6.92 Å². The van der Waals surface area contributed by atoms with Crippen LogP contribution in [-0.2, 0) is 0 Å². The molecule has 1 aromatic heterocycles. The molecule has 138 valence electrons. The van der Waals surface area contributed by atoms with E-state index in [4.69, 9.17) is 13.9 Å². The minimum absolute atomic E-state index is 0.126. The molecule has 5 heteroatoms. The molecule has 0 aliphatic heterocycles. The van der Waals surface area contributed by atoms with Crippen LogP contribution in [0.25, 0.3) is 11.0 Å². The Morgan fingerprint density at radius 2 is 1.72 bits per heavy atom. The molecule has 0 saturated heterocycles. The Kier molecular flexibility index (Phi) is 7.64. The van der Waals surface area contributed by atoms with E-state index in [9.17, 15) is 9.90 Å². The lowest BCUT2D eigenvalue weighted by atomic mass is 10.1. The second-order valence-electron chi connectivity index (χ2n) is 6.25. The summed E-state index contributed by atoms with van der Waals surface area (Å²) in [6, 6.07) is 5.17. The van der Waals surface area contributed by atoms with Crippen LogP contribution in [0.2, 0.25) is 0 Å². The summed E-state index contributed by atoms with van der Waals surface area (Å²) >= 11 is 0. The molecule has 0 atom stereocenters. The number of fused-ring (bicyclic) bond motifs is 1. The van der Waals surface area contributed by atoms with Crippen molar-refractivity contribution in [2.45, 2.75) is 58.3 Å². The molecule has 2 aromatic rings. The summed E-state index contributed by atoms with van der Waals surface area (Å²) in [6.07, 6.45) is 10.0. The third-order valence-electron chi connectivity index (χ3n) is 4.28. The van der Waals surface area contributed by atoms with Gasteiger partial charge in [-0.2, -0.15) is 0 Å². The molecule has 0 bridgehead atoms. The zero-order chi connectivity index (χ0) is 18.1. The van der Waals surface area contributed by atoms with E-state index in [0.717, 1.165) is 12.8 Å². The van der Waals surface area contributed by atoms with Gasteiger partial charge < -0.3 is 19.0 Å². The molecule has 1 N–H and O–H groups in total. The van der Waals surface area contributed by atoms with Crippen LogP contribution in [0.5, 0.6) is 17.2 Å². The summed E-state index contributed by atoms with van der Waals surface area (Å²) in [5.74, 6) is 0.259. The molecule has 5 nitrogen and oxygen atoms in total. The van der Waals surface area contributed by atoms with Crippen LogP contribution in [-0.4, -0.2) is 18.8 Å². The molecular formula is C20H28O5. The smallest absolute Gasteiger partial charge is 0.382 e. The number of aromatic hydroxyl groups is 1. The largest absolute Gasteiger partial charge is 0.499 e. The normalized spacial score (nSPS) is 11.0. The summed E-state index contributed by atoms with van der Waals surface area (Å²) in [6.45, 7) is 2.87. The Hall–Kier alpha value is -2.17. The lowest BCUT2D eigenvalue weighted by molar-refractivity contribution is 0.304. The average Bonchev–Trinajstić information content (AvgIpc) is 2.61. The Balaban J connectivity index is 1.82. The Morgan fingerprint density at radius 1 is 1.04 bits per heavy atom. The summed E-state index contributed by atoms with van der Waals surface area (Å²) in [4.78, 5) is 11.6. The number of hydrogen-bond donors (Lipinski definition) is 1. The van der Waals surface area contributed by atoms with Crippen molar-refractivity contribution in [2.75, 3.05) is 13.7 Å². The van der Waals surface area contributed by atoms with Crippen LogP contribution < -0.4 is 15.1 Å². The predicted molar refractivity (Wildman–Crippen MR) is 98.8 cm³/mol. The lowest BCUT2D eigenvalue weighted by Crippen LogP contribution is -2.02. The number of rotatable bonds is 11. The van der Waals surface area contributed by atoms with E-state index in [1.54, 1.807) is 18.2 Å². The maximum atomic E-state index is 11.6. The molecule has 0 amide bonds. The van der Waals surface area contributed by atoms with Gasteiger partial charge in [-0.05, 0) is 18.6 Å². The Bertz CT molecular complexity index is 720. The van der Waals surface area contributed by atoms with Gasteiger partial charge in [-0.1, -0.05) is 51.9 Å². The number of benzene rings is 1. The zero-order valence-electron chi connectivity index (χ0n) is 15.2. The first-order valence-corrected chi connectivity index (χ1v) is 9.14. The highest BCUT2D eigenvalue weighted by atomic mass is 16.5. The highest BCUT2D eigenvalue weighted by molar-refractivity contribution is 5.86. The second-order valence-corrected chi connectivity index (χ2v) is 6.25. The number of hydrogen-bond acceptors (Lipinski definition) is 5. The van der Waals surface area contributed by atoms with Crippen molar-refractivity contribution in [3.63, 3.8) is 0 Å². The standard InChI is InChI=1S/C20H28O5/c1-3-4-5-6-7-8-9-10-13-24-15-11-12-16-17(14-15)25-20(22)18(21)19(16)23-2/h11-12,14,21H,3-10,13H2,1-2H3. The fourth-order valence-electron chi connectivity index (χ4n) is 2.87. The van der Waals surface area contributed by atoms with E-state index >= 15 is 0 Å². The second kappa shape index (κ2) is 9.97. The van der Waals surface area contributed by atoms with Gasteiger partial charge in [-0.3, -0.25) is 0 Å². The number of unbranched alkanes of at least 4 members (excludes halogenated alkanes) is 7. The summed E-state index contributed by atoms with van der Waals surface area (Å²) in [5, 5.41) is 10.2. The third kappa shape index (κ3) is 5.41. The van der Waals surface area contributed by atoms with Crippen LogP contribution in [0.4, 0.5) is 0 Å². The molecule has 1 heterocycles. The fourth-order valence-corrected chi connectivity index (χ4v) is 2.87. The van der Waals surface area contributed by atoms with Crippen LogP contribution in [0, 0.1) is 0 Å². The van der Waals surface area contributed by atoms with Gasteiger partial charge in [0, 0.05) is 6.07 Å². The van der Waals surface area contributed by atoms with Gasteiger partial charge >= 0.3 is 5.63 Å². The monoisotopic (exact) mass is 348 g/mol. The van der Waals surface area contributed by atoms with Gasteiger partial charge in [0.1, 0.15) is 11.3 Å². The quantitative estimate of drug-likeness (QED) is 0.456. The first kappa shape index (κ1) is 19.2. The molecule has 0 spiro atoms. The van der Waals surface area contributed by atoms with Crippen molar-refractivity contribution in [3.05, 3.63) is 28.6 Å². The van der Waals surface area contributed by atoms with Crippen molar-refractivity contribution in [2.24, 2.45) is 0 Å². The molecule has 2 rings (SSSR count). The molecule has 1 aromatic carbocycles. The lowest BCUT2D eigenvalue weighted by Gasteiger charge is -2.09. The van der Waals surface area contributed by atoms with Gasteiger partial charge in [-0.25, -0.2) is 4.79 Å². The third-order valence-corrected chi connectivity index (χ3v) is 4.28. The fraction of sp³-hybridized carbons (Fsp3) is 0.550. The molecule has 25 heavy (non-hydrogen) atoms. The maximum Gasteiger partial charge on any atom is 0.382 e. The molecule has 0 saturated carbocycles. The van der Waals surface area contributed by atoms with E-state index < -0.39 is 11.4 Å². The first-order valence-electron chi connectivity index (χ1n) is 9.14. The molecule has 0 radical (unpaired) electrons. The Labute approximate surface area is 148 Å². The van der Waals surface area contributed by atoms with Gasteiger partial charge in [0.05, 0.1) is 19.1 Å². The maximum absolute atomic E-state index is 11.6. The minimum Gasteiger partial charge on any atom is -0.499 e. The van der Waals surface area contributed by atoms with Crippen molar-refractivity contribution < 1.29 is 19.0 Å². The molecule has 0 unspecified atom stereocenters. The molecular weight excluding hydrogens is 320 g/mol. The summed E-state index contributed by atoms with van der Waals surface area (Å²) in [7, 11) is 1.40. The van der Waals surface area contributed by atoms with E-state index in [1.165, 1.54) is 45.6 Å². The Morgan fingerprint density at radius 3 is 2.40 bits per heavy atom. The topological polar surface area (TPSA) is 68.9 Å². The van der Waals surface area contributed by atoms with Crippen LogP contribution >= 0.6 is 0 Å². The average molecular weight is 348 g/mol. The van der Waals surface area contributed by atoms with Crippen LogP contribution in [0.1, 0.15) is 58.3 Å². The summed E-state index contributed by atoms with van der Waals surface area (Å²) in [5.41, 5.74) is -0.474. The number of methoxy groups -OCH3 is 1. The van der Waals surface area contributed by atoms with Crippen LogP contribution in [0.15, 0.2) is 27.4 Å². The SMILES string of the molecule is CCCCCCCCCCOc1ccc2c(OC)c(O)c(=O)oc2c1. The van der Waals surface area contributed by atoms with Gasteiger partial charge in [0.25, 0.3) is 0 Å². The van der Waals surface area contributed by atoms with Crippen molar-refractivity contribution in [1.82, 2.24) is 0 Å². The summed E-state index contributed by atoms with van der Waals surface area (Å²) < 4.78 is 15.9. The van der Waals surface area contributed by atoms with Crippen molar-refractivity contribution >= 4 is 11.0 Å². The molecule has 0 aliphatic carbocycles. The molecule has 0 aliphatic rings. The van der Waals surface area contributed by atoms with E-state index in [0.29, 0.717) is 23.3 Å². The van der Waals surface area contributed by atoms with Crippen molar-refractivity contribution in [1.29, 1.82) is 0 Å². The number of ether oxygens (including phenoxy) is 2. The van der Waals surface area contributed by atoms with E-state index in [1.807, 2.05) is 0 Å². The highest BCUT2D eigenvalue weighted by Crippen LogP contribution is 2.33. The van der Waals surface area contributed by atoms with Gasteiger partial charge in [-0.15, -0.1) is 0 Å². The van der Waals surface area contributed by atoms with E-state index in [-0.39, 0.29) is 5.75 Å². The van der Waals surface area contributed by atoms with Gasteiger partial charge in [0.2, 0.25) is 5.75 Å². The van der Waals surface area contributed by atoms with Crippen LogP contribution in [0.3, 0.4) is 0 Å². The van der Waals surface area contributed by atoms with Crippen molar-refractivity contribution in [3.8, 4) is 17.2 Å². The minimum atomic E-state index is -0.815. The molecule has 0 fully saturated rings. The first-order chi connectivity index (χ1) is 12.2.